The van der Waals surface area contributed by atoms with Crippen molar-refractivity contribution in [1.82, 2.24) is 4.90 Å². The Morgan fingerprint density at radius 3 is 2.38 bits per heavy atom. The number of fused-ring (bicyclic) bond motifs is 3. The second kappa shape index (κ2) is 7.04. The molecular weight excluding hydrogens is 444 g/mol. The van der Waals surface area contributed by atoms with Crippen LogP contribution in [0.1, 0.15) is 23.7 Å². The van der Waals surface area contributed by atoms with E-state index in [2.05, 4.69) is 0 Å². The number of hydrogen-bond donors (Lipinski definition) is 6. The van der Waals surface area contributed by atoms with Crippen molar-refractivity contribution in [1.29, 1.82) is 0 Å². The SMILES string of the molecule is CN(C)[C@@H]1C(O)=C(C(N)=O)C(=O)[C@@]2(O)C(=O)C3=C(O)c4c(O)ccc(Cl)c4[C@@H](O)[C@H]3C[C@@H]12. The van der Waals surface area contributed by atoms with E-state index in [1.165, 1.54) is 25.1 Å². The number of aliphatic hydroxyl groups is 4. The second-order valence-electron chi connectivity index (χ2n) is 8.47. The van der Waals surface area contributed by atoms with Gasteiger partial charge in [0.2, 0.25) is 11.6 Å². The number of benzene rings is 1. The van der Waals surface area contributed by atoms with Crippen LogP contribution in [-0.2, 0) is 14.4 Å². The molecule has 0 unspecified atom stereocenters. The lowest BCUT2D eigenvalue weighted by atomic mass is 9.56. The fraction of sp³-hybridized carbons (Fsp3) is 0.381. The molecule has 1 aromatic rings. The molecule has 170 valence electrons. The van der Waals surface area contributed by atoms with Crippen molar-refractivity contribution in [3.05, 3.63) is 45.2 Å². The summed E-state index contributed by atoms with van der Waals surface area (Å²) in [4.78, 5) is 39.9. The summed E-state index contributed by atoms with van der Waals surface area (Å²) in [6.45, 7) is 0. The molecule has 0 aliphatic heterocycles. The molecule has 3 aliphatic rings. The summed E-state index contributed by atoms with van der Waals surface area (Å²) < 4.78 is 0. The fourth-order valence-electron chi connectivity index (χ4n) is 5.25. The number of hydrogen-bond acceptors (Lipinski definition) is 9. The molecule has 0 saturated heterocycles. The van der Waals surface area contributed by atoms with Crippen LogP contribution in [0, 0.1) is 11.8 Å². The van der Waals surface area contributed by atoms with Gasteiger partial charge in [0.25, 0.3) is 5.91 Å². The Bertz CT molecular complexity index is 1160. The third-order valence-electron chi connectivity index (χ3n) is 6.64. The van der Waals surface area contributed by atoms with Gasteiger partial charge in [0.15, 0.2) is 5.60 Å². The van der Waals surface area contributed by atoms with Crippen LogP contribution in [0.3, 0.4) is 0 Å². The highest BCUT2D eigenvalue weighted by Gasteiger charge is 2.66. The number of nitrogens with zero attached hydrogens (tertiary/aromatic N) is 1. The molecule has 11 heteroatoms. The number of likely N-dealkylation sites (N-methyl/N-ethyl adjacent to an activating group) is 1. The summed E-state index contributed by atoms with van der Waals surface area (Å²) in [5.41, 5.74) is 0.746. The highest BCUT2D eigenvalue weighted by molar-refractivity contribution is 6.34. The lowest BCUT2D eigenvalue weighted by Crippen LogP contribution is -2.67. The summed E-state index contributed by atoms with van der Waals surface area (Å²) in [7, 11) is 3.01. The fourth-order valence-corrected chi connectivity index (χ4v) is 5.52. The predicted octanol–water partition coefficient (Wildman–Crippen LogP) is 0.108. The number of rotatable bonds is 2. The maximum Gasteiger partial charge on any atom is 0.255 e. The molecule has 1 aromatic carbocycles. The van der Waals surface area contributed by atoms with Gasteiger partial charge in [-0.25, -0.2) is 0 Å². The van der Waals surface area contributed by atoms with Gasteiger partial charge in [-0.3, -0.25) is 19.3 Å². The standard InChI is InChI=1S/C21H21ClN2O8/c1-24(2)14-7-5-6-10(16(27)12-9(25)4-3-8(22)11(12)15(6)26)18(29)21(7,32)19(30)13(17(14)28)20(23)31/h3-4,6-7,14-15,25-28,32H,5H2,1-2H3,(H2,23,31)/t6-,7-,14-,15-,21-/m0/s1. The van der Waals surface area contributed by atoms with E-state index < -0.39 is 75.5 Å². The van der Waals surface area contributed by atoms with Crippen LogP contribution in [-0.4, -0.2) is 73.6 Å². The van der Waals surface area contributed by atoms with Crippen molar-refractivity contribution < 1.29 is 39.9 Å². The number of aliphatic hydroxyl groups excluding tert-OH is 3. The molecule has 0 radical (unpaired) electrons. The first-order valence-electron chi connectivity index (χ1n) is 9.69. The number of phenolic OH excluding ortho intramolecular Hbond substituents is 1. The van der Waals surface area contributed by atoms with Crippen LogP contribution in [0.25, 0.3) is 5.76 Å². The Labute approximate surface area is 186 Å². The zero-order chi connectivity index (χ0) is 23.9. The summed E-state index contributed by atoms with van der Waals surface area (Å²) >= 11 is 6.19. The molecule has 0 spiro atoms. The first kappa shape index (κ1) is 22.3. The number of phenols is 1. The number of Topliss-reactive ketones (excluding diaryl/α,β-unsaturated/α-hetero) is 2. The van der Waals surface area contributed by atoms with Gasteiger partial charge in [0.1, 0.15) is 22.8 Å². The molecule has 4 rings (SSSR count). The minimum Gasteiger partial charge on any atom is -0.510 e. The van der Waals surface area contributed by atoms with Crippen molar-refractivity contribution >= 4 is 34.8 Å². The molecule has 1 fully saturated rings. The molecule has 0 aromatic heterocycles. The van der Waals surface area contributed by atoms with E-state index in [-0.39, 0.29) is 22.6 Å². The van der Waals surface area contributed by atoms with Gasteiger partial charge in [0.05, 0.1) is 17.7 Å². The molecule has 0 heterocycles. The summed E-state index contributed by atoms with van der Waals surface area (Å²) in [5.74, 6) is -8.24. The summed E-state index contributed by atoms with van der Waals surface area (Å²) in [6.07, 6.45) is -1.70. The molecule has 3 aliphatic carbocycles. The summed E-state index contributed by atoms with van der Waals surface area (Å²) in [5, 5.41) is 54.3. The van der Waals surface area contributed by atoms with Crippen molar-refractivity contribution in [2.75, 3.05) is 14.1 Å². The first-order valence-corrected chi connectivity index (χ1v) is 10.1. The highest BCUT2D eigenvalue weighted by Crippen LogP contribution is 2.55. The van der Waals surface area contributed by atoms with E-state index in [9.17, 15) is 39.9 Å². The number of carbonyl (C=O) groups excluding carboxylic acids is 3. The summed E-state index contributed by atoms with van der Waals surface area (Å²) in [6, 6.07) is 1.31. The number of nitrogens with two attached hydrogens (primary N) is 1. The highest BCUT2D eigenvalue weighted by atomic mass is 35.5. The molecule has 1 amide bonds. The van der Waals surface area contributed by atoms with Gasteiger partial charge in [-0.1, -0.05) is 11.6 Å². The Balaban J connectivity index is 2.01. The number of aromatic hydroxyl groups is 1. The van der Waals surface area contributed by atoms with Crippen molar-refractivity contribution in [3.8, 4) is 5.75 Å². The van der Waals surface area contributed by atoms with E-state index in [0.29, 0.717) is 0 Å². The van der Waals surface area contributed by atoms with E-state index in [1.54, 1.807) is 0 Å². The van der Waals surface area contributed by atoms with Crippen molar-refractivity contribution in [3.63, 3.8) is 0 Å². The second-order valence-corrected chi connectivity index (χ2v) is 8.88. The first-order chi connectivity index (χ1) is 14.8. The van der Waals surface area contributed by atoms with E-state index in [0.717, 1.165) is 6.07 Å². The van der Waals surface area contributed by atoms with Gasteiger partial charge in [-0.15, -0.1) is 0 Å². The van der Waals surface area contributed by atoms with E-state index in [1.807, 2.05) is 0 Å². The van der Waals surface area contributed by atoms with Crippen LogP contribution in [0.4, 0.5) is 0 Å². The normalized spacial score (nSPS) is 32.1. The predicted molar refractivity (Wildman–Crippen MR) is 111 cm³/mol. The topological polar surface area (TPSA) is 182 Å². The average molecular weight is 465 g/mol. The Kier molecular flexibility index (Phi) is 4.90. The van der Waals surface area contributed by atoms with Crippen LogP contribution < -0.4 is 5.73 Å². The molecule has 5 atom stereocenters. The molecule has 7 N–H and O–H groups in total. The Hall–Kier alpha value is -2.92. The number of halogens is 1. The zero-order valence-corrected chi connectivity index (χ0v) is 17.8. The third-order valence-corrected chi connectivity index (χ3v) is 6.97. The monoisotopic (exact) mass is 464 g/mol. The largest absolute Gasteiger partial charge is 0.510 e. The number of primary amides is 1. The number of ketones is 2. The van der Waals surface area contributed by atoms with Gasteiger partial charge in [0, 0.05) is 28.0 Å². The zero-order valence-electron chi connectivity index (χ0n) is 17.0. The lowest BCUT2D eigenvalue weighted by Gasteiger charge is -2.50. The van der Waals surface area contributed by atoms with Gasteiger partial charge < -0.3 is 31.3 Å². The molecule has 32 heavy (non-hydrogen) atoms. The Morgan fingerprint density at radius 2 is 1.81 bits per heavy atom. The molecule has 10 nitrogen and oxygen atoms in total. The average Bonchev–Trinajstić information content (AvgIpc) is 2.69. The minimum atomic E-state index is -2.84. The van der Waals surface area contributed by atoms with Gasteiger partial charge >= 0.3 is 0 Å². The Morgan fingerprint density at radius 1 is 1.19 bits per heavy atom. The maximum atomic E-state index is 13.5. The number of carbonyl (C=O) groups is 3. The lowest BCUT2D eigenvalue weighted by molar-refractivity contribution is -0.163. The van der Waals surface area contributed by atoms with Gasteiger partial charge in [-0.05, 0) is 32.6 Å². The van der Waals surface area contributed by atoms with E-state index in [4.69, 9.17) is 17.3 Å². The molecule has 0 bridgehead atoms. The number of amides is 1. The van der Waals surface area contributed by atoms with Crippen LogP contribution in [0.15, 0.2) is 29.0 Å². The smallest absolute Gasteiger partial charge is 0.255 e. The maximum absolute atomic E-state index is 13.5. The van der Waals surface area contributed by atoms with Crippen LogP contribution in [0.2, 0.25) is 5.02 Å². The van der Waals surface area contributed by atoms with Crippen LogP contribution >= 0.6 is 11.6 Å². The van der Waals surface area contributed by atoms with Crippen LogP contribution in [0.5, 0.6) is 5.75 Å². The molecule has 1 saturated carbocycles. The van der Waals surface area contributed by atoms with Crippen molar-refractivity contribution in [2.24, 2.45) is 17.6 Å². The van der Waals surface area contributed by atoms with E-state index >= 15 is 0 Å². The van der Waals surface area contributed by atoms with Gasteiger partial charge in [-0.2, -0.15) is 0 Å². The third kappa shape index (κ3) is 2.61. The minimum absolute atomic E-state index is 0.00251. The molecular formula is C21H21ClN2O8. The van der Waals surface area contributed by atoms with Crippen molar-refractivity contribution in [2.45, 2.75) is 24.2 Å². The quantitative estimate of drug-likeness (QED) is 0.261.